The van der Waals surface area contributed by atoms with Gasteiger partial charge in [-0.25, -0.2) is 4.98 Å². The van der Waals surface area contributed by atoms with Crippen LogP contribution in [-0.4, -0.2) is 48.2 Å². The quantitative estimate of drug-likeness (QED) is 0.588. The van der Waals surface area contributed by atoms with E-state index >= 15 is 0 Å². The van der Waals surface area contributed by atoms with Crippen molar-refractivity contribution in [1.82, 2.24) is 9.88 Å². The van der Waals surface area contributed by atoms with Gasteiger partial charge in [-0.2, -0.15) is 0 Å². The second kappa shape index (κ2) is 8.74. The lowest BCUT2D eigenvalue weighted by molar-refractivity contribution is 0.0677. The number of hydrogen-bond donors (Lipinski definition) is 0. The summed E-state index contributed by atoms with van der Waals surface area (Å²) in [7, 11) is 0. The van der Waals surface area contributed by atoms with Crippen molar-refractivity contribution in [3.8, 4) is 5.75 Å². The Balaban J connectivity index is 1.22. The summed E-state index contributed by atoms with van der Waals surface area (Å²) in [6, 6.07) is 15.8. The fourth-order valence-corrected chi connectivity index (χ4v) is 5.36. The Labute approximate surface area is 180 Å². The molecule has 2 aromatic carbocycles. The summed E-state index contributed by atoms with van der Waals surface area (Å²) >= 11 is 1.76. The van der Waals surface area contributed by atoms with E-state index in [1.54, 1.807) is 11.3 Å². The molecule has 2 fully saturated rings. The van der Waals surface area contributed by atoms with Gasteiger partial charge in [-0.15, -0.1) is 11.3 Å². The number of hydrogen-bond acceptors (Lipinski definition) is 5. The molecule has 6 heteroatoms. The summed E-state index contributed by atoms with van der Waals surface area (Å²) in [5, 5.41) is 1.14. The van der Waals surface area contributed by atoms with E-state index in [4.69, 9.17) is 14.5 Å². The van der Waals surface area contributed by atoms with Crippen LogP contribution in [0.4, 0.5) is 0 Å². The molecule has 0 spiro atoms. The van der Waals surface area contributed by atoms with Crippen LogP contribution < -0.4 is 4.74 Å². The van der Waals surface area contributed by atoms with E-state index in [0.29, 0.717) is 18.1 Å². The number of aromatic nitrogens is 1. The molecule has 2 aliphatic heterocycles. The zero-order chi connectivity index (χ0) is 20.3. The average Bonchev–Trinajstić information content (AvgIpc) is 3.47. The van der Waals surface area contributed by atoms with Crippen molar-refractivity contribution in [3.05, 3.63) is 59.1 Å². The second-order valence-electron chi connectivity index (χ2n) is 8.08. The summed E-state index contributed by atoms with van der Waals surface area (Å²) in [4.78, 5) is 19.9. The number of benzene rings is 2. The van der Waals surface area contributed by atoms with Gasteiger partial charge in [0.2, 0.25) is 0 Å². The number of para-hydroxylation sites is 1. The molecular weight excluding hydrogens is 396 g/mol. The predicted molar refractivity (Wildman–Crippen MR) is 118 cm³/mol. The maximum Gasteiger partial charge on any atom is 0.253 e. The Morgan fingerprint density at radius 1 is 1.13 bits per heavy atom. The third-order valence-electron chi connectivity index (χ3n) is 5.93. The Morgan fingerprint density at radius 2 is 2.00 bits per heavy atom. The predicted octanol–water partition coefficient (Wildman–Crippen LogP) is 4.87. The van der Waals surface area contributed by atoms with Gasteiger partial charge in [-0.1, -0.05) is 12.1 Å². The van der Waals surface area contributed by atoms with Gasteiger partial charge in [0.1, 0.15) is 12.4 Å². The van der Waals surface area contributed by atoms with E-state index in [1.807, 2.05) is 35.2 Å². The van der Waals surface area contributed by atoms with Gasteiger partial charge >= 0.3 is 0 Å². The zero-order valence-corrected chi connectivity index (χ0v) is 17.8. The average molecular weight is 423 g/mol. The van der Waals surface area contributed by atoms with Crippen LogP contribution in [0.15, 0.2) is 48.5 Å². The molecule has 0 saturated carbocycles. The number of nitrogens with zero attached hydrogens (tertiary/aromatic N) is 2. The number of carbonyl (C=O) groups is 1. The largest absolute Gasteiger partial charge is 0.491 e. The first-order valence-corrected chi connectivity index (χ1v) is 11.6. The third kappa shape index (κ3) is 4.20. The maximum atomic E-state index is 13.1. The molecule has 156 valence electrons. The molecule has 0 aliphatic carbocycles. The Bertz CT molecular complexity index is 978. The van der Waals surface area contributed by atoms with Gasteiger partial charge in [0, 0.05) is 31.2 Å². The van der Waals surface area contributed by atoms with E-state index in [0.717, 1.165) is 61.7 Å². The van der Waals surface area contributed by atoms with E-state index < -0.39 is 0 Å². The van der Waals surface area contributed by atoms with E-state index in [2.05, 4.69) is 18.2 Å². The fourth-order valence-electron chi connectivity index (χ4n) is 4.27. The number of piperidine rings is 1. The Morgan fingerprint density at radius 3 is 2.80 bits per heavy atom. The lowest BCUT2D eigenvalue weighted by atomic mass is 9.98. The van der Waals surface area contributed by atoms with Gasteiger partial charge in [-0.05, 0) is 62.1 Å². The number of carbonyl (C=O) groups excluding carboxylic acids is 1. The van der Waals surface area contributed by atoms with Crippen molar-refractivity contribution in [3.63, 3.8) is 0 Å². The summed E-state index contributed by atoms with van der Waals surface area (Å²) in [6.45, 7) is 2.94. The summed E-state index contributed by atoms with van der Waals surface area (Å²) in [5.74, 6) is 1.19. The lowest BCUT2D eigenvalue weighted by Crippen LogP contribution is -2.39. The van der Waals surface area contributed by atoms with Crippen LogP contribution in [0.1, 0.15) is 47.0 Å². The standard InChI is InChI=1S/C24H26N2O3S/c27-24(17-9-11-19(12-10-17)29-16-20-6-4-14-28-20)26-13-3-5-18(15-26)23-25-21-7-1-2-8-22(21)30-23/h1-2,7-12,18,20H,3-6,13-16H2/t18-,20-/m0/s1. The van der Waals surface area contributed by atoms with Crippen molar-refractivity contribution in [2.75, 3.05) is 26.3 Å². The maximum absolute atomic E-state index is 13.1. The molecule has 30 heavy (non-hydrogen) atoms. The molecule has 5 rings (SSSR count). The molecule has 1 amide bonds. The highest BCUT2D eigenvalue weighted by molar-refractivity contribution is 7.18. The van der Waals surface area contributed by atoms with Crippen LogP contribution in [0.3, 0.4) is 0 Å². The number of rotatable bonds is 5. The number of likely N-dealkylation sites (tertiary alicyclic amines) is 1. The van der Waals surface area contributed by atoms with Gasteiger partial charge in [0.05, 0.1) is 21.3 Å². The van der Waals surface area contributed by atoms with Crippen molar-refractivity contribution in [2.24, 2.45) is 0 Å². The molecule has 0 N–H and O–H groups in total. The fraction of sp³-hybridized carbons (Fsp3) is 0.417. The van der Waals surface area contributed by atoms with Crippen LogP contribution in [-0.2, 0) is 4.74 Å². The Kier molecular flexibility index (Phi) is 5.69. The van der Waals surface area contributed by atoms with Crippen LogP contribution in [0.2, 0.25) is 0 Å². The summed E-state index contributed by atoms with van der Waals surface area (Å²) in [5.41, 5.74) is 1.77. The van der Waals surface area contributed by atoms with E-state index in [1.165, 1.54) is 4.70 Å². The Hall–Kier alpha value is -2.44. The van der Waals surface area contributed by atoms with Gasteiger partial charge in [0.15, 0.2) is 0 Å². The SMILES string of the molecule is O=C(c1ccc(OC[C@@H]2CCCO2)cc1)N1CCC[C@H](c2nc3ccccc3s2)C1. The van der Waals surface area contributed by atoms with Crippen molar-refractivity contribution >= 4 is 27.5 Å². The van der Waals surface area contributed by atoms with E-state index in [-0.39, 0.29) is 12.0 Å². The molecule has 0 unspecified atom stereocenters. The monoisotopic (exact) mass is 422 g/mol. The van der Waals surface area contributed by atoms with E-state index in [9.17, 15) is 4.79 Å². The highest BCUT2D eigenvalue weighted by Gasteiger charge is 2.27. The van der Waals surface area contributed by atoms with Crippen LogP contribution in [0.5, 0.6) is 5.75 Å². The second-order valence-corrected chi connectivity index (χ2v) is 9.14. The summed E-state index contributed by atoms with van der Waals surface area (Å²) < 4.78 is 12.6. The molecule has 2 saturated heterocycles. The lowest BCUT2D eigenvalue weighted by Gasteiger charge is -2.32. The summed E-state index contributed by atoms with van der Waals surface area (Å²) in [6.07, 6.45) is 4.45. The first-order chi connectivity index (χ1) is 14.8. The van der Waals surface area contributed by atoms with Gasteiger partial charge < -0.3 is 14.4 Å². The molecule has 3 aromatic rings. The number of fused-ring (bicyclic) bond motifs is 1. The molecular formula is C24H26N2O3S. The number of ether oxygens (including phenoxy) is 2. The number of amides is 1. The van der Waals surface area contributed by atoms with Crippen molar-refractivity contribution in [1.29, 1.82) is 0 Å². The van der Waals surface area contributed by atoms with Crippen molar-refractivity contribution < 1.29 is 14.3 Å². The molecule has 2 aliphatic rings. The zero-order valence-electron chi connectivity index (χ0n) is 17.0. The van der Waals surface area contributed by atoms with Crippen LogP contribution in [0.25, 0.3) is 10.2 Å². The molecule has 0 bridgehead atoms. The smallest absolute Gasteiger partial charge is 0.253 e. The van der Waals surface area contributed by atoms with Gasteiger partial charge in [-0.3, -0.25) is 4.79 Å². The van der Waals surface area contributed by atoms with Crippen LogP contribution in [0, 0.1) is 0 Å². The highest BCUT2D eigenvalue weighted by atomic mass is 32.1. The minimum atomic E-state index is 0.0893. The first kappa shape index (κ1) is 19.5. The molecule has 2 atom stereocenters. The minimum absolute atomic E-state index is 0.0893. The highest BCUT2D eigenvalue weighted by Crippen LogP contribution is 2.33. The molecule has 1 aromatic heterocycles. The van der Waals surface area contributed by atoms with Crippen molar-refractivity contribution in [2.45, 2.75) is 37.7 Å². The first-order valence-electron chi connectivity index (χ1n) is 10.8. The van der Waals surface area contributed by atoms with Gasteiger partial charge in [0.25, 0.3) is 5.91 Å². The number of thiazole rings is 1. The molecule has 3 heterocycles. The molecule has 5 nitrogen and oxygen atoms in total. The van der Waals surface area contributed by atoms with Crippen LogP contribution >= 0.6 is 11.3 Å². The molecule has 0 radical (unpaired) electrons. The topological polar surface area (TPSA) is 51.7 Å². The minimum Gasteiger partial charge on any atom is -0.491 e. The normalized spacial score (nSPS) is 21.8. The third-order valence-corrected chi connectivity index (χ3v) is 7.13.